The zero-order valence-electron chi connectivity index (χ0n) is 11.5. The van der Waals surface area contributed by atoms with Crippen LogP contribution in [0.3, 0.4) is 0 Å². The number of hydrogen-bond acceptors (Lipinski definition) is 3. The number of aliphatic imine (C=N–C) groups is 1. The SMILES string of the molecule is CC(CF)[C@H](N=C(c1ccccc1)C(F)(F)F)C(=O)[O-].[K+]. The molecule has 0 aromatic heterocycles. The van der Waals surface area contributed by atoms with Gasteiger partial charge in [-0.05, 0) is 0 Å². The Kier molecular flexibility index (Phi) is 8.87. The van der Waals surface area contributed by atoms with Gasteiger partial charge < -0.3 is 9.90 Å². The molecule has 0 fully saturated rings. The topological polar surface area (TPSA) is 52.5 Å². The Hall–Kier alpha value is -0.284. The largest absolute Gasteiger partial charge is 1.00 e. The molecule has 0 bridgehead atoms. The Bertz CT molecular complexity index is 491. The molecule has 1 aromatic rings. The predicted molar refractivity (Wildman–Crippen MR) is 63.0 cm³/mol. The van der Waals surface area contributed by atoms with E-state index in [2.05, 4.69) is 4.99 Å². The first-order valence-electron chi connectivity index (χ1n) is 5.74. The summed E-state index contributed by atoms with van der Waals surface area (Å²) in [5.74, 6) is -3.05. The van der Waals surface area contributed by atoms with Crippen molar-refractivity contribution in [2.45, 2.75) is 19.1 Å². The number of nitrogens with zero attached hydrogens (tertiary/aromatic N) is 1. The maximum absolute atomic E-state index is 13.0. The third-order valence-corrected chi connectivity index (χ3v) is 2.61. The number of carboxylic acid groups (broad SMARTS) is 1. The molecule has 0 heterocycles. The van der Waals surface area contributed by atoms with Crippen molar-refractivity contribution in [2.24, 2.45) is 10.9 Å². The third kappa shape index (κ3) is 6.15. The quantitative estimate of drug-likeness (QED) is 0.386. The fraction of sp³-hybridized carbons (Fsp3) is 0.385. The molecule has 0 spiro atoms. The molecule has 3 nitrogen and oxygen atoms in total. The van der Waals surface area contributed by atoms with Crippen molar-refractivity contribution >= 4 is 11.7 Å². The number of carboxylic acids is 1. The molecule has 8 heteroatoms. The number of benzene rings is 1. The van der Waals surface area contributed by atoms with E-state index in [1.807, 2.05) is 0 Å². The second-order valence-electron chi connectivity index (χ2n) is 4.24. The minimum atomic E-state index is -4.84. The van der Waals surface area contributed by atoms with Crippen LogP contribution < -0.4 is 56.5 Å². The summed E-state index contributed by atoms with van der Waals surface area (Å²) in [6, 6.07) is 4.65. The van der Waals surface area contributed by atoms with E-state index in [0.717, 1.165) is 19.1 Å². The second-order valence-corrected chi connectivity index (χ2v) is 4.24. The maximum atomic E-state index is 13.0. The Morgan fingerprint density at radius 3 is 2.19 bits per heavy atom. The van der Waals surface area contributed by atoms with E-state index in [9.17, 15) is 27.5 Å². The number of alkyl halides is 4. The molecular weight excluding hydrogens is 317 g/mol. The Morgan fingerprint density at radius 2 is 1.81 bits per heavy atom. The number of aliphatic carboxylic acids is 1. The van der Waals surface area contributed by atoms with Gasteiger partial charge in [0.2, 0.25) is 0 Å². The van der Waals surface area contributed by atoms with Crippen LogP contribution in [-0.2, 0) is 4.79 Å². The van der Waals surface area contributed by atoms with Gasteiger partial charge in [-0.25, -0.2) is 0 Å². The van der Waals surface area contributed by atoms with Crippen LogP contribution in [0.4, 0.5) is 17.6 Å². The first-order chi connectivity index (χ1) is 9.27. The smallest absolute Gasteiger partial charge is 0.548 e. The van der Waals surface area contributed by atoms with Crippen LogP contribution in [0.2, 0.25) is 0 Å². The average molecular weight is 329 g/mol. The summed E-state index contributed by atoms with van der Waals surface area (Å²) in [7, 11) is 0. The van der Waals surface area contributed by atoms with Crippen LogP contribution in [-0.4, -0.2) is 30.6 Å². The van der Waals surface area contributed by atoms with Gasteiger partial charge in [0.15, 0.2) is 0 Å². The summed E-state index contributed by atoms with van der Waals surface area (Å²) >= 11 is 0. The summed E-state index contributed by atoms with van der Waals surface area (Å²) in [4.78, 5) is 14.0. The Labute approximate surface area is 161 Å². The molecule has 0 saturated heterocycles. The molecule has 21 heavy (non-hydrogen) atoms. The number of carbonyl (C=O) groups excluding carboxylic acids is 1. The van der Waals surface area contributed by atoms with Crippen LogP contribution in [0.5, 0.6) is 0 Å². The van der Waals surface area contributed by atoms with Gasteiger partial charge in [0.25, 0.3) is 0 Å². The molecule has 0 aliphatic rings. The van der Waals surface area contributed by atoms with Crippen molar-refractivity contribution in [3.8, 4) is 0 Å². The van der Waals surface area contributed by atoms with Gasteiger partial charge >= 0.3 is 57.6 Å². The molecule has 2 atom stereocenters. The summed E-state index contributed by atoms with van der Waals surface area (Å²) in [6.45, 7) is 0.0467. The van der Waals surface area contributed by atoms with Gasteiger partial charge in [0, 0.05) is 11.5 Å². The van der Waals surface area contributed by atoms with E-state index >= 15 is 0 Å². The summed E-state index contributed by atoms with van der Waals surface area (Å²) < 4.78 is 51.4. The van der Waals surface area contributed by atoms with E-state index in [0.29, 0.717) is 0 Å². The molecule has 0 aliphatic carbocycles. The van der Waals surface area contributed by atoms with Crippen LogP contribution in [0.15, 0.2) is 35.3 Å². The normalized spacial score (nSPS) is 15.0. The molecule has 0 N–H and O–H groups in total. The molecule has 0 radical (unpaired) electrons. The van der Waals surface area contributed by atoms with Crippen molar-refractivity contribution in [2.75, 3.05) is 6.67 Å². The number of rotatable bonds is 5. The van der Waals surface area contributed by atoms with Gasteiger partial charge in [-0.15, -0.1) is 0 Å². The second kappa shape index (κ2) is 8.99. The zero-order chi connectivity index (χ0) is 15.3. The van der Waals surface area contributed by atoms with E-state index in [-0.39, 0.29) is 56.9 Å². The Balaban J connectivity index is 0.00000400. The van der Waals surface area contributed by atoms with Crippen molar-refractivity contribution in [1.82, 2.24) is 0 Å². The fourth-order valence-corrected chi connectivity index (χ4v) is 1.54. The van der Waals surface area contributed by atoms with Gasteiger partial charge in [-0.1, -0.05) is 37.3 Å². The molecule has 0 aliphatic heterocycles. The summed E-state index contributed by atoms with van der Waals surface area (Å²) in [5.41, 5.74) is -1.63. The molecule has 1 rings (SSSR count). The molecule has 0 saturated carbocycles. The minimum absolute atomic E-state index is 0. The predicted octanol–water partition coefficient (Wildman–Crippen LogP) is -1.23. The van der Waals surface area contributed by atoms with Gasteiger partial charge in [-0.3, -0.25) is 9.38 Å². The van der Waals surface area contributed by atoms with E-state index in [4.69, 9.17) is 0 Å². The third-order valence-electron chi connectivity index (χ3n) is 2.61. The van der Waals surface area contributed by atoms with Crippen molar-refractivity contribution in [1.29, 1.82) is 0 Å². The molecule has 110 valence electrons. The van der Waals surface area contributed by atoms with Crippen LogP contribution in [0.1, 0.15) is 12.5 Å². The molecular formula is C13H12F4KNO2. The fourth-order valence-electron chi connectivity index (χ4n) is 1.54. The van der Waals surface area contributed by atoms with E-state index in [1.54, 1.807) is 0 Å². The summed E-state index contributed by atoms with van der Waals surface area (Å²) in [6.07, 6.45) is -4.84. The van der Waals surface area contributed by atoms with Gasteiger partial charge in [-0.2, -0.15) is 13.2 Å². The molecule has 0 amide bonds. The van der Waals surface area contributed by atoms with Crippen molar-refractivity contribution in [3.05, 3.63) is 35.9 Å². The van der Waals surface area contributed by atoms with E-state index in [1.165, 1.54) is 18.2 Å². The first-order valence-corrected chi connectivity index (χ1v) is 5.74. The van der Waals surface area contributed by atoms with Crippen LogP contribution in [0, 0.1) is 5.92 Å². The number of carbonyl (C=O) groups is 1. The maximum Gasteiger partial charge on any atom is 1.00 e. The van der Waals surface area contributed by atoms with Crippen LogP contribution >= 0.6 is 0 Å². The summed E-state index contributed by atoms with van der Waals surface area (Å²) in [5, 5.41) is 10.8. The minimum Gasteiger partial charge on any atom is -0.548 e. The van der Waals surface area contributed by atoms with Crippen LogP contribution in [0.25, 0.3) is 0 Å². The number of halogens is 4. The molecule has 1 aromatic carbocycles. The number of hydrogen-bond donors (Lipinski definition) is 0. The van der Waals surface area contributed by atoms with Crippen molar-refractivity contribution < 1.29 is 78.8 Å². The average Bonchev–Trinajstić information content (AvgIpc) is 2.38. The van der Waals surface area contributed by atoms with Gasteiger partial charge in [0.1, 0.15) is 5.71 Å². The van der Waals surface area contributed by atoms with Crippen molar-refractivity contribution in [3.63, 3.8) is 0 Å². The Morgan fingerprint density at radius 1 is 1.29 bits per heavy atom. The monoisotopic (exact) mass is 329 g/mol. The standard InChI is InChI=1S/C13H13F4NO2.K/c1-8(7-14)10(12(19)20)18-11(13(15,16)17)9-5-3-2-4-6-9;/h2-6,8,10H,7H2,1H3,(H,19,20);/q;+1/p-1/t8?,10-;/m0./s1. The first kappa shape index (κ1) is 20.7. The van der Waals surface area contributed by atoms with E-state index < -0.39 is 36.5 Å². The van der Waals surface area contributed by atoms with Gasteiger partial charge in [0.05, 0.1) is 18.7 Å². The molecule has 1 unspecified atom stereocenters. The zero-order valence-corrected chi connectivity index (χ0v) is 14.6.